The molecule has 1 N–H and O–H groups in total. The Morgan fingerprint density at radius 3 is 2.32 bits per heavy atom. The molecule has 0 saturated carbocycles. The van der Waals surface area contributed by atoms with E-state index in [1.54, 1.807) is 0 Å². The highest BCUT2D eigenvalue weighted by molar-refractivity contribution is 5.76. The average molecular weight is 339 g/mol. The summed E-state index contributed by atoms with van der Waals surface area (Å²) in [6, 6.07) is 12.3. The second-order valence-electron chi connectivity index (χ2n) is 6.85. The normalized spacial score (nSPS) is 11.9. The quantitative estimate of drug-likeness (QED) is 0.724. The number of aryl methyl sites for hydroxylation is 4. The molecule has 0 bridgehead atoms. The summed E-state index contributed by atoms with van der Waals surface area (Å²) in [6.45, 7) is 11.0. The standard InChI is InChI=1S/C22H29NO2/c1-15-8-10-20(11-9-15)25-12-6-7-22(24)23-19(5)21-14-17(3)16(2)13-18(21)4/h8-11,13-14,19H,6-7,12H2,1-5H3,(H,23,24)/t19-/m1/s1. The van der Waals surface area contributed by atoms with Crippen molar-refractivity contribution in [1.29, 1.82) is 0 Å². The Kier molecular flexibility index (Phi) is 6.63. The average Bonchev–Trinajstić information content (AvgIpc) is 2.56. The van der Waals surface area contributed by atoms with Crippen LogP contribution in [0.5, 0.6) is 5.75 Å². The van der Waals surface area contributed by atoms with Crippen LogP contribution in [0.1, 0.15) is 53.6 Å². The van der Waals surface area contributed by atoms with Gasteiger partial charge in [0.1, 0.15) is 5.75 Å². The van der Waals surface area contributed by atoms with E-state index in [-0.39, 0.29) is 11.9 Å². The summed E-state index contributed by atoms with van der Waals surface area (Å²) in [5.74, 6) is 0.919. The minimum Gasteiger partial charge on any atom is -0.494 e. The van der Waals surface area contributed by atoms with Crippen molar-refractivity contribution in [2.75, 3.05) is 6.61 Å². The van der Waals surface area contributed by atoms with E-state index in [1.165, 1.54) is 27.8 Å². The summed E-state index contributed by atoms with van der Waals surface area (Å²) in [7, 11) is 0. The highest BCUT2D eigenvalue weighted by Crippen LogP contribution is 2.21. The SMILES string of the molecule is Cc1ccc(OCCCC(=O)N[C@H](C)c2cc(C)c(C)cc2C)cc1. The van der Waals surface area contributed by atoms with E-state index in [0.717, 1.165) is 5.75 Å². The Balaban J connectivity index is 1.78. The topological polar surface area (TPSA) is 38.3 Å². The molecule has 2 rings (SSSR count). The third kappa shape index (κ3) is 5.63. The van der Waals surface area contributed by atoms with E-state index in [4.69, 9.17) is 4.74 Å². The fourth-order valence-electron chi connectivity index (χ4n) is 2.90. The molecule has 0 unspecified atom stereocenters. The fraction of sp³-hybridized carbons (Fsp3) is 0.409. The molecule has 0 aliphatic rings. The largest absolute Gasteiger partial charge is 0.494 e. The summed E-state index contributed by atoms with van der Waals surface area (Å²) in [5, 5.41) is 3.10. The Hall–Kier alpha value is -2.29. The van der Waals surface area contributed by atoms with E-state index in [9.17, 15) is 4.79 Å². The third-order valence-corrected chi connectivity index (χ3v) is 4.56. The first-order chi connectivity index (χ1) is 11.9. The van der Waals surface area contributed by atoms with E-state index >= 15 is 0 Å². The maximum atomic E-state index is 12.2. The Bertz CT molecular complexity index is 720. The smallest absolute Gasteiger partial charge is 0.220 e. The van der Waals surface area contributed by atoms with E-state index in [0.29, 0.717) is 19.4 Å². The van der Waals surface area contributed by atoms with Gasteiger partial charge in [-0.05, 0) is 75.4 Å². The van der Waals surface area contributed by atoms with Crippen molar-refractivity contribution in [3.05, 3.63) is 64.2 Å². The lowest BCUT2D eigenvalue weighted by Gasteiger charge is -2.18. The zero-order valence-electron chi connectivity index (χ0n) is 16.0. The van der Waals surface area contributed by atoms with Crippen molar-refractivity contribution in [3.8, 4) is 5.75 Å². The van der Waals surface area contributed by atoms with Crippen LogP contribution in [-0.4, -0.2) is 12.5 Å². The van der Waals surface area contributed by atoms with Gasteiger partial charge in [0, 0.05) is 6.42 Å². The number of rotatable bonds is 7. The monoisotopic (exact) mass is 339 g/mol. The van der Waals surface area contributed by atoms with Gasteiger partial charge in [0.05, 0.1) is 12.6 Å². The molecule has 0 saturated heterocycles. The second-order valence-corrected chi connectivity index (χ2v) is 6.85. The van der Waals surface area contributed by atoms with Crippen LogP contribution < -0.4 is 10.1 Å². The molecule has 0 aliphatic carbocycles. The molecule has 25 heavy (non-hydrogen) atoms. The van der Waals surface area contributed by atoms with E-state index in [1.807, 2.05) is 38.1 Å². The molecule has 0 aliphatic heterocycles. The van der Waals surface area contributed by atoms with Gasteiger partial charge in [-0.1, -0.05) is 29.8 Å². The van der Waals surface area contributed by atoms with Crippen LogP contribution in [0.4, 0.5) is 0 Å². The van der Waals surface area contributed by atoms with Crippen molar-refractivity contribution < 1.29 is 9.53 Å². The first-order valence-electron chi connectivity index (χ1n) is 8.93. The highest BCUT2D eigenvalue weighted by atomic mass is 16.5. The number of ether oxygens (including phenoxy) is 1. The van der Waals surface area contributed by atoms with Crippen LogP contribution in [0.25, 0.3) is 0 Å². The molecule has 2 aromatic carbocycles. The molecular formula is C22H29NO2. The highest BCUT2D eigenvalue weighted by Gasteiger charge is 2.12. The van der Waals surface area contributed by atoms with Crippen molar-refractivity contribution >= 4 is 5.91 Å². The Labute approximate surface area is 151 Å². The van der Waals surface area contributed by atoms with Gasteiger partial charge < -0.3 is 10.1 Å². The molecule has 1 atom stereocenters. The van der Waals surface area contributed by atoms with Gasteiger partial charge in [0.25, 0.3) is 0 Å². The molecule has 134 valence electrons. The zero-order valence-corrected chi connectivity index (χ0v) is 16.0. The zero-order chi connectivity index (χ0) is 18.4. The number of hydrogen-bond donors (Lipinski definition) is 1. The molecule has 0 radical (unpaired) electrons. The summed E-state index contributed by atoms with van der Waals surface area (Å²) < 4.78 is 5.67. The number of hydrogen-bond acceptors (Lipinski definition) is 2. The van der Waals surface area contributed by atoms with E-state index < -0.39 is 0 Å². The number of carbonyl (C=O) groups is 1. The van der Waals surface area contributed by atoms with Gasteiger partial charge in [-0.2, -0.15) is 0 Å². The molecule has 0 aromatic heterocycles. The van der Waals surface area contributed by atoms with E-state index in [2.05, 4.69) is 38.2 Å². The lowest BCUT2D eigenvalue weighted by Crippen LogP contribution is -2.27. The van der Waals surface area contributed by atoms with Gasteiger partial charge >= 0.3 is 0 Å². The van der Waals surface area contributed by atoms with Crippen molar-refractivity contribution in [1.82, 2.24) is 5.32 Å². The fourth-order valence-corrected chi connectivity index (χ4v) is 2.90. The van der Waals surface area contributed by atoms with Gasteiger partial charge in [-0.3, -0.25) is 4.79 Å². The van der Waals surface area contributed by atoms with Crippen molar-refractivity contribution in [2.45, 2.75) is 53.5 Å². The van der Waals surface area contributed by atoms with Crippen LogP contribution in [0.15, 0.2) is 36.4 Å². The van der Waals surface area contributed by atoms with Crippen LogP contribution >= 0.6 is 0 Å². The van der Waals surface area contributed by atoms with Gasteiger partial charge in [-0.15, -0.1) is 0 Å². The summed E-state index contributed by atoms with van der Waals surface area (Å²) >= 11 is 0. The van der Waals surface area contributed by atoms with Gasteiger partial charge in [0.15, 0.2) is 0 Å². The second kappa shape index (κ2) is 8.70. The van der Waals surface area contributed by atoms with Crippen LogP contribution in [0.2, 0.25) is 0 Å². The van der Waals surface area contributed by atoms with Crippen molar-refractivity contribution in [3.63, 3.8) is 0 Å². The molecule has 3 heteroatoms. The van der Waals surface area contributed by atoms with Gasteiger partial charge in [-0.25, -0.2) is 0 Å². The molecule has 1 amide bonds. The molecule has 0 fully saturated rings. The first-order valence-corrected chi connectivity index (χ1v) is 8.93. The molecular weight excluding hydrogens is 310 g/mol. The number of amides is 1. The minimum absolute atomic E-state index is 0.0183. The summed E-state index contributed by atoms with van der Waals surface area (Å²) in [6.07, 6.45) is 1.18. The number of benzene rings is 2. The van der Waals surface area contributed by atoms with Crippen LogP contribution in [0, 0.1) is 27.7 Å². The molecule has 0 spiro atoms. The minimum atomic E-state index is 0.0183. The predicted octanol–water partition coefficient (Wildman–Crippen LogP) is 4.96. The van der Waals surface area contributed by atoms with Crippen molar-refractivity contribution in [2.24, 2.45) is 0 Å². The third-order valence-electron chi connectivity index (χ3n) is 4.56. The number of carbonyl (C=O) groups excluding carboxylic acids is 1. The summed E-state index contributed by atoms with van der Waals surface area (Å²) in [4.78, 5) is 12.2. The number of nitrogens with one attached hydrogen (secondary N) is 1. The molecule has 2 aromatic rings. The maximum Gasteiger partial charge on any atom is 0.220 e. The Morgan fingerprint density at radius 1 is 1.00 bits per heavy atom. The lowest BCUT2D eigenvalue weighted by molar-refractivity contribution is -0.121. The lowest BCUT2D eigenvalue weighted by atomic mass is 9.96. The van der Waals surface area contributed by atoms with Crippen LogP contribution in [0.3, 0.4) is 0 Å². The first kappa shape index (κ1) is 19.0. The van der Waals surface area contributed by atoms with Crippen LogP contribution in [-0.2, 0) is 4.79 Å². The Morgan fingerprint density at radius 2 is 1.64 bits per heavy atom. The molecule has 0 heterocycles. The maximum absolute atomic E-state index is 12.2. The predicted molar refractivity (Wildman–Crippen MR) is 103 cm³/mol. The molecule has 3 nitrogen and oxygen atoms in total. The summed E-state index contributed by atoms with van der Waals surface area (Å²) in [5.41, 5.74) is 6.16. The van der Waals surface area contributed by atoms with Gasteiger partial charge in [0.2, 0.25) is 5.91 Å².